The van der Waals surface area contributed by atoms with Gasteiger partial charge in [0, 0.05) is 61.2 Å². The van der Waals surface area contributed by atoms with E-state index in [9.17, 15) is 12.8 Å². The van der Waals surface area contributed by atoms with Crippen molar-refractivity contribution in [3.63, 3.8) is 0 Å². The molecule has 5 rings (SSSR count). The van der Waals surface area contributed by atoms with Crippen LogP contribution in [0.1, 0.15) is 17.5 Å². The van der Waals surface area contributed by atoms with E-state index < -0.39 is 15.7 Å². The molecule has 0 saturated heterocycles. The smallest absolute Gasteiger partial charge is 0.175 e. The van der Waals surface area contributed by atoms with Crippen molar-refractivity contribution >= 4 is 27.0 Å². The molecule has 0 amide bonds. The zero-order valence-electron chi connectivity index (χ0n) is 20.4. The van der Waals surface area contributed by atoms with E-state index in [1.165, 1.54) is 17.9 Å². The summed E-state index contributed by atoms with van der Waals surface area (Å²) in [5, 5.41) is 0.0906. The monoisotopic (exact) mass is 535 g/mol. The molecule has 0 unspecified atom stereocenters. The molecule has 4 aromatic rings. The lowest BCUT2D eigenvalue weighted by atomic mass is 9.92. The standard InChI is InChI=1S/C29H27ClFN3O2S/c1-37(35,36)24-5-2-20(3-6-24)10-15-34-16-11-21(12-17-34)25-19-33-29(23-4-7-27(31)26(30)18-23)28(25)22-8-13-32-14-9-22/h2-9,11,13-14,18-19,33H,10,12,15-17H2,1H3. The van der Waals surface area contributed by atoms with Crippen LogP contribution < -0.4 is 0 Å². The summed E-state index contributed by atoms with van der Waals surface area (Å²) >= 11 is 6.09. The highest BCUT2D eigenvalue weighted by molar-refractivity contribution is 7.90. The number of halogens is 2. The largest absolute Gasteiger partial charge is 0.360 e. The average Bonchev–Trinajstić information content (AvgIpc) is 3.35. The van der Waals surface area contributed by atoms with E-state index in [0.29, 0.717) is 4.90 Å². The summed E-state index contributed by atoms with van der Waals surface area (Å²) in [6.07, 6.45) is 10.8. The second kappa shape index (κ2) is 10.6. The first-order chi connectivity index (χ1) is 17.8. The Kier molecular flexibility index (Phi) is 7.29. The minimum absolute atomic E-state index is 0.0906. The number of hydrogen-bond donors (Lipinski definition) is 1. The number of H-pyrrole nitrogens is 1. The van der Waals surface area contributed by atoms with Gasteiger partial charge in [0.15, 0.2) is 9.84 Å². The molecule has 37 heavy (non-hydrogen) atoms. The summed E-state index contributed by atoms with van der Waals surface area (Å²) in [4.78, 5) is 10.3. The summed E-state index contributed by atoms with van der Waals surface area (Å²) in [7, 11) is -3.18. The zero-order chi connectivity index (χ0) is 26.0. The molecule has 1 N–H and O–H groups in total. The van der Waals surface area contributed by atoms with Crippen molar-refractivity contribution in [2.45, 2.75) is 17.7 Å². The molecule has 0 atom stereocenters. The fourth-order valence-corrected chi connectivity index (χ4v) is 5.53. The molecule has 1 aliphatic rings. The Morgan fingerprint density at radius 3 is 2.46 bits per heavy atom. The maximum Gasteiger partial charge on any atom is 0.175 e. The highest BCUT2D eigenvalue weighted by Gasteiger charge is 2.21. The molecule has 3 heterocycles. The third-order valence-corrected chi connectivity index (χ3v) is 8.18. The van der Waals surface area contributed by atoms with Crippen LogP contribution in [0, 0.1) is 5.82 Å². The number of nitrogens with one attached hydrogen (secondary N) is 1. The molecule has 0 spiro atoms. The van der Waals surface area contributed by atoms with Crippen LogP contribution in [0.25, 0.3) is 28.0 Å². The van der Waals surface area contributed by atoms with Gasteiger partial charge in [0.05, 0.1) is 15.6 Å². The lowest BCUT2D eigenvalue weighted by Gasteiger charge is -2.26. The Morgan fingerprint density at radius 1 is 1.05 bits per heavy atom. The van der Waals surface area contributed by atoms with Crippen molar-refractivity contribution in [1.29, 1.82) is 0 Å². The van der Waals surface area contributed by atoms with Gasteiger partial charge in [0.25, 0.3) is 0 Å². The molecule has 0 aliphatic carbocycles. The Bertz CT molecular complexity index is 1550. The first-order valence-corrected chi connectivity index (χ1v) is 14.3. The number of benzene rings is 2. The van der Waals surface area contributed by atoms with Crippen molar-refractivity contribution in [2.75, 3.05) is 25.9 Å². The molecule has 0 fully saturated rings. The molecule has 5 nitrogen and oxygen atoms in total. The average molecular weight is 536 g/mol. The molecule has 0 bridgehead atoms. The van der Waals surface area contributed by atoms with E-state index in [-0.39, 0.29) is 5.02 Å². The summed E-state index contributed by atoms with van der Waals surface area (Å²) in [6, 6.07) is 15.9. The van der Waals surface area contributed by atoms with Crippen LogP contribution in [-0.2, 0) is 16.3 Å². The third-order valence-electron chi connectivity index (χ3n) is 6.76. The van der Waals surface area contributed by atoms with Crippen LogP contribution in [-0.4, -0.2) is 49.2 Å². The Balaban J connectivity index is 1.35. The minimum atomic E-state index is -3.18. The van der Waals surface area contributed by atoms with Crippen LogP contribution >= 0.6 is 11.6 Å². The second-order valence-corrected chi connectivity index (χ2v) is 11.7. The summed E-state index contributed by atoms with van der Waals surface area (Å²) in [5.41, 5.74) is 7.30. The van der Waals surface area contributed by atoms with Crippen molar-refractivity contribution in [3.05, 3.63) is 101 Å². The number of aromatic amines is 1. The molecule has 0 radical (unpaired) electrons. The van der Waals surface area contributed by atoms with Crippen molar-refractivity contribution < 1.29 is 12.8 Å². The Morgan fingerprint density at radius 2 is 1.81 bits per heavy atom. The van der Waals surface area contributed by atoms with E-state index in [2.05, 4.69) is 20.9 Å². The number of rotatable bonds is 7. The molecular formula is C29H27ClFN3O2S. The van der Waals surface area contributed by atoms with Gasteiger partial charge in [-0.1, -0.05) is 29.8 Å². The highest BCUT2D eigenvalue weighted by Crippen LogP contribution is 2.40. The van der Waals surface area contributed by atoms with Gasteiger partial charge < -0.3 is 4.98 Å². The molecule has 190 valence electrons. The number of aromatic nitrogens is 2. The van der Waals surface area contributed by atoms with Crippen LogP contribution in [0.5, 0.6) is 0 Å². The quantitative estimate of drug-likeness (QED) is 0.303. The van der Waals surface area contributed by atoms with Gasteiger partial charge in [0.1, 0.15) is 5.82 Å². The van der Waals surface area contributed by atoms with E-state index in [4.69, 9.17) is 11.6 Å². The summed E-state index contributed by atoms with van der Waals surface area (Å²) in [5.74, 6) is -0.441. The number of pyridine rings is 1. The van der Waals surface area contributed by atoms with Crippen LogP contribution in [0.4, 0.5) is 4.39 Å². The van der Waals surface area contributed by atoms with Gasteiger partial charge >= 0.3 is 0 Å². The topological polar surface area (TPSA) is 66.1 Å². The fourth-order valence-electron chi connectivity index (χ4n) is 4.72. The fraction of sp³-hybridized carbons (Fsp3) is 0.207. The lowest BCUT2D eigenvalue weighted by molar-refractivity contribution is 0.306. The number of sulfone groups is 1. The normalized spacial score (nSPS) is 14.5. The van der Waals surface area contributed by atoms with E-state index >= 15 is 0 Å². The molecule has 2 aromatic heterocycles. The first-order valence-electron chi connectivity index (χ1n) is 12.1. The number of hydrogen-bond acceptors (Lipinski definition) is 4. The van der Waals surface area contributed by atoms with Gasteiger partial charge in [-0.15, -0.1) is 0 Å². The SMILES string of the molecule is CS(=O)(=O)c1ccc(CCN2CC=C(c3c[nH]c(-c4ccc(F)c(Cl)c4)c3-c3ccncc3)CC2)cc1. The summed E-state index contributed by atoms with van der Waals surface area (Å²) < 4.78 is 37.2. The van der Waals surface area contributed by atoms with Crippen molar-refractivity contribution in [3.8, 4) is 22.4 Å². The predicted molar refractivity (Wildman–Crippen MR) is 147 cm³/mol. The molecule has 0 saturated carbocycles. The van der Waals surface area contributed by atoms with Gasteiger partial charge in [-0.2, -0.15) is 0 Å². The minimum Gasteiger partial charge on any atom is -0.360 e. The summed E-state index contributed by atoms with van der Waals surface area (Å²) in [6.45, 7) is 2.65. The van der Waals surface area contributed by atoms with Crippen LogP contribution in [0.3, 0.4) is 0 Å². The van der Waals surface area contributed by atoms with Gasteiger partial charge in [-0.25, -0.2) is 12.8 Å². The van der Waals surface area contributed by atoms with Gasteiger partial charge in [-0.05, 0) is 72.0 Å². The van der Waals surface area contributed by atoms with E-state index in [1.807, 2.05) is 30.5 Å². The van der Waals surface area contributed by atoms with Crippen LogP contribution in [0.2, 0.25) is 5.02 Å². The Labute approximate surface area is 221 Å². The van der Waals surface area contributed by atoms with Gasteiger partial charge in [-0.3, -0.25) is 9.88 Å². The number of nitrogens with zero attached hydrogens (tertiary/aromatic N) is 2. The maximum atomic E-state index is 13.8. The predicted octanol–water partition coefficient (Wildman–Crippen LogP) is 6.27. The molecule has 8 heteroatoms. The Hall–Kier alpha value is -3.26. The molecular weight excluding hydrogens is 509 g/mol. The van der Waals surface area contributed by atoms with E-state index in [0.717, 1.165) is 66.0 Å². The maximum absolute atomic E-state index is 13.8. The third kappa shape index (κ3) is 5.69. The van der Waals surface area contributed by atoms with Gasteiger partial charge in [0.2, 0.25) is 0 Å². The van der Waals surface area contributed by atoms with Crippen molar-refractivity contribution in [2.24, 2.45) is 0 Å². The zero-order valence-corrected chi connectivity index (χ0v) is 22.0. The van der Waals surface area contributed by atoms with Crippen LogP contribution in [0.15, 0.2) is 84.2 Å². The molecule has 1 aliphatic heterocycles. The first kappa shape index (κ1) is 25.4. The lowest BCUT2D eigenvalue weighted by Crippen LogP contribution is -2.30. The highest BCUT2D eigenvalue weighted by atomic mass is 35.5. The van der Waals surface area contributed by atoms with Crippen molar-refractivity contribution in [1.82, 2.24) is 14.9 Å². The molecule has 2 aromatic carbocycles. The van der Waals surface area contributed by atoms with E-state index in [1.54, 1.807) is 36.7 Å². The second-order valence-electron chi connectivity index (χ2n) is 9.26.